The van der Waals surface area contributed by atoms with Crippen molar-refractivity contribution in [1.29, 1.82) is 0 Å². The molecular weight excluding hydrogens is 301 g/mol. The molecule has 0 N–H and O–H groups in total. The van der Waals surface area contributed by atoms with E-state index < -0.39 is 0 Å². The van der Waals surface area contributed by atoms with Crippen molar-refractivity contribution in [1.82, 2.24) is 4.31 Å². The molecule has 0 aromatic carbocycles. The van der Waals surface area contributed by atoms with Crippen LogP contribution in [0.4, 0.5) is 0 Å². The van der Waals surface area contributed by atoms with Gasteiger partial charge in [-0.2, -0.15) is 0 Å². The molecule has 0 radical (unpaired) electrons. The zero-order valence-electron chi connectivity index (χ0n) is 7.66. The molecule has 0 saturated carbocycles. The number of carbonyl (C=O) groups is 1. The summed E-state index contributed by atoms with van der Waals surface area (Å²) < 4.78 is 6.97. The van der Waals surface area contributed by atoms with Gasteiger partial charge in [0.1, 0.15) is 0 Å². The zero-order chi connectivity index (χ0) is 9.68. The zero-order valence-corrected chi connectivity index (χ0v) is 10.6. The predicted octanol–water partition coefficient (Wildman–Crippen LogP) is 2.26. The largest absolute Gasteiger partial charge is 0.469 e. The topological polar surface area (TPSA) is 29.5 Å². The second kappa shape index (κ2) is 6.08. The van der Waals surface area contributed by atoms with E-state index in [0.29, 0.717) is 12.3 Å². The number of nitrogens with zero attached hydrogens (tertiary/aromatic N) is 1. The molecule has 0 aromatic rings. The van der Waals surface area contributed by atoms with Gasteiger partial charge in [0, 0.05) is 40.7 Å². The number of carbonyl (C=O) groups excluding carboxylic acids is 1. The minimum absolute atomic E-state index is 0.0689. The van der Waals surface area contributed by atoms with Crippen LogP contribution in [-0.2, 0) is 9.53 Å². The summed E-state index contributed by atoms with van der Waals surface area (Å²) in [6.45, 7) is 2.19. The Morgan fingerprint density at radius 3 is 2.69 bits per heavy atom. The SMILES string of the molecule is COC(=O)CC1CCN(SI)CC1. The van der Waals surface area contributed by atoms with Crippen LogP contribution in [0.2, 0.25) is 0 Å². The van der Waals surface area contributed by atoms with Gasteiger partial charge in [0.05, 0.1) is 7.11 Å². The van der Waals surface area contributed by atoms with Crippen molar-refractivity contribution in [3.63, 3.8) is 0 Å². The van der Waals surface area contributed by atoms with Crippen LogP contribution in [0.15, 0.2) is 0 Å². The van der Waals surface area contributed by atoms with Gasteiger partial charge >= 0.3 is 5.97 Å². The highest BCUT2D eigenvalue weighted by Gasteiger charge is 2.21. The summed E-state index contributed by atoms with van der Waals surface area (Å²) in [5.41, 5.74) is 0. The van der Waals surface area contributed by atoms with Crippen molar-refractivity contribution >= 4 is 36.3 Å². The quantitative estimate of drug-likeness (QED) is 0.454. The molecule has 0 amide bonds. The first-order valence-electron chi connectivity index (χ1n) is 4.36. The van der Waals surface area contributed by atoms with Crippen LogP contribution in [0.25, 0.3) is 0 Å². The summed E-state index contributed by atoms with van der Waals surface area (Å²) in [6, 6.07) is 0. The van der Waals surface area contributed by atoms with E-state index in [2.05, 4.69) is 30.2 Å². The lowest BCUT2D eigenvalue weighted by Gasteiger charge is -2.28. The van der Waals surface area contributed by atoms with Gasteiger partial charge in [0.2, 0.25) is 0 Å². The van der Waals surface area contributed by atoms with Crippen molar-refractivity contribution in [3.8, 4) is 0 Å². The van der Waals surface area contributed by atoms with Crippen LogP contribution >= 0.6 is 30.3 Å². The fourth-order valence-corrected chi connectivity index (χ4v) is 3.03. The van der Waals surface area contributed by atoms with Gasteiger partial charge in [-0.15, -0.1) is 0 Å². The van der Waals surface area contributed by atoms with Crippen LogP contribution in [0.3, 0.4) is 0 Å². The van der Waals surface area contributed by atoms with E-state index in [1.807, 2.05) is 0 Å². The molecule has 1 aliphatic heterocycles. The molecule has 1 rings (SSSR count). The summed E-state index contributed by atoms with van der Waals surface area (Å²) in [5.74, 6) is 0.466. The summed E-state index contributed by atoms with van der Waals surface area (Å²) >= 11 is 2.30. The van der Waals surface area contributed by atoms with Gasteiger partial charge < -0.3 is 4.74 Å². The molecule has 1 fully saturated rings. The Hall–Kier alpha value is 0.510. The average molecular weight is 315 g/mol. The Balaban J connectivity index is 2.21. The standard InChI is InChI=1S/C8H14INO2S/c1-12-8(11)6-7-2-4-10(13-9)5-3-7/h7H,2-6H2,1H3. The van der Waals surface area contributed by atoms with Crippen LogP contribution in [0, 0.1) is 5.92 Å². The number of halogens is 1. The van der Waals surface area contributed by atoms with E-state index in [0.717, 1.165) is 25.9 Å². The van der Waals surface area contributed by atoms with Gasteiger partial charge in [0.15, 0.2) is 0 Å². The van der Waals surface area contributed by atoms with Crippen molar-refractivity contribution in [2.75, 3.05) is 20.2 Å². The van der Waals surface area contributed by atoms with Gasteiger partial charge in [-0.1, -0.05) is 0 Å². The minimum Gasteiger partial charge on any atom is -0.469 e. The van der Waals surface area contributed by atoms with Crippen molar-refractivity contribution in [3.05, 3.63) is 0 Å². The van der Waals surface area contributed by atoms with E-state index in [4.69, 9.17) is 0 Å². The highest BCUT2D eigenvalue weighted by atomic mass is 127. The van der Waals surface area contributed by atoms with Crippen LogP contribution in [0.5, 0.6) is 0 Å². The summed E-state index contributed by atoms with van der Waals surface area (Å²) in [5, 5.41) is 0. The second-order valence-corrected chi connectivity index (χ2v) is 5.06. The maximum atomic E-state index is 11.0. The molecule has 0 atom stereocenters. The Labute approximate surface area is 95.3 Å². The normalized spacial score (nSPS) is 20.2. The Morgan fingerprint density at radius 1 is 1.62 bits per heavy atom. The maximum Gasteiger partial charge on any atom is 0.305 e. The molecule has 13 heavy (non-hydrogen) atoms. The van der Waals surface area contributed by atoms with Crippen molar-refractivity contribution in [2.24, 2.45) is 5.92 Å². The second-order valence-electron chi connectivity index (χ2n) is 3.22. The van der Waals surface area contributed by atoms with E-state index in [1.165, 1.54) is 7.11 Å². The molecule has 1 aliphatic rings. The first-order valence-corrected chi connectivity index (χ1v) is 7.68. The fourth-order valence-electron chi connectivity index (χ4n) is 1.50. The number of ether oxygens (including phenoxy) is 1. The first-order chi connectivity index (χ1) is 6.26. The van der Waals surface area contributed by atoms with E-state index in [-0.39, 0.29) is 5.97 Å². The molecule has 0 unspecified atom stereocenters. The average Bonchev–Trinajstić information content (AvgIpc) is 2.19. The minimum atomic E-state index is -0.0689. The van der Waals surface area contributed by atoms with Crippen LogP contribution in [0.1, 0.15) is 19.3 Å². The number of piperidine rings is 1. The van der Waals surface area contributed by atoms with Crippen molar-refractivity contribution < 1.29 is 9.53 Å². The Kier molecular flexibility index (Phi) is 5.42. The predicted molar refractivity (Wildman–Crippen MR) is 62.5 cm³/mol. The lowest BCUT2D eigenvalue weighted by Crippen LogP contribution is -2.28. The smallest absolute Gasteiger partial charge is 0.305 e. The molecule has 76 valence electrons. The fraction of sp³-hybridized carbons (Fsp3) is 0.875. The molecule has 0 spiro atoms. The highest BCUT2D eigenvalue weighted by Crippen LogP contribution is 2.28. The Bertz CT molecular complexity index is 172. The van der Waals surface area contributed by atoms with Crippen LogP contribution < -0.4 is 0 Å². The molecule has 0 aliphatic carbocycles. The summed E-state index contributed by atoms with van der Waals surface area (Å²) in [6.07, 6.45) is 2.83. The number of hydrogen-bond acceptors (Lipinski definition) is 4. The third-order valence-electron chi connectivity index (χ3n) is 2.35. The number of hydrogen-bond donors (Lipinski definition) is 0. The molecule has 0 bridgehead atoms. The number of methoxy groups -OCH3 is 1. The van der Waals surface area contributed by atoms with Gasteiger partial charge in [-0.3, -0.25) is 4.79 Å². The maximum absolute atomic E-state index is 11.0. The molecule has 5 heteroatoms. The first kappa shape index (κ1) is 11.6. The molecule has 3 nitrogen and oxygen atoms in total. The summed E-state index contributed by atoms with van der Waals surface area (Å²) in [4.78, 5) is 11.0. The van der Waals surface area contributed by atoms with Gasteiger partial charge in [-0.25, -0.2) is 4.31 Å². The van der Waals surface area contributed by atoms with Gasteiger partial charge in [-0.05, 0) is 27.9 Å². The van der Waals surface area contributed by atoms with E-state index in [9.17, 15) is 4.79 Å². The van der Waals surface area contributed by atoms with Crippen molar-refractivity contribution in [2.45, 2.75) is 19.3 Å². The van der Waals surface area contributed by atoms with E-state index in [1.54, 1.807) is 9.12 Å². The highest BCUT2D eigenvalue weighted by molar-refractivity contribution is 14.2. The van der Waals surface area contributed by atoms with Gasteiger partial charge in [0.25, 0.3) is 0 Å². The van der Waals surface area contributed by atoms with E-state index >= 15 is 0 Å². The molecular formula is C8H14INO2S. The monoisotopic (exact) mass is 315 g/mol. The molecule has 0 aromatic heterocycles. The number of esters is 1. The lowest BCUT2D eigenvalue weighted by atomic mass is 9.95. The third-order valence-corrected chi connectivity index (χ3v) is 4.59. The van der Waals surface area contributed by atoms with Crippen LogP contribution in [-0.4, -0.2) is 30.5 Å². The summed E-state index contributed by atoms with van der Waals surface area (Å²) in [7, 11) is 3.22. The number of rotatable bonds is 3. The Morgan fingerprint density at radius 2 is 2.23 bits per heavy atom. The molecule has 1 heterocycles. The third kappa shape index (κ3) is 4.03. The lowest BCUT2D eigenvalue weighted by molar-refractivity contribution is -0.142. The molecule has 1 saturated heterocycles.